The van der Waals surface area contributed by atoms with Crippen LogP contribution in [0.2, 0.25) is 0 Å². The Morgan fingerprint density at radius 3 is 2.86 bits per heavy atom. The molecule has 0 saturated heterocycles. The van der Waals surface area contributed by atoms with E-state index in [4.69, 9.17) is 11.5 Å². The molecule has 1 rings (SSSR count). The number of hydrogen-bond acceptors (Lipinski definition) is 3. The van der Waals surface area contributed by atoms with Gasteiger partial charge in [-0.2, -0.15) is 0 Å². The zero-order valence-corrected chi connectivity index (χ0v) is 7.43. The zero-order valence-electron chi connectivity index (χ0n) is 7.43. The number of nitrogens with zero attached hydrogens (tertiary/aromatic N) is 1. The molecule has 72 valence electrons. The lowest BCUT2D eigenvalue weighted by Crippen LogP contribution is -1.94. The maximum atomic E-state index is 10.6. The van der Waals surface area contributed by atoms with Crippen molar-refractivity contribution in [2.24, 2.45) is 0 Å². The Labute approximate surface area is 81.3 Å². The van der Waals surface area contributed by atoms with Gasteiger partial charge in [-0.25, -0.2) is 0 Å². The van der Waals surface area contributed by atoms with Crippen LogP contribution in [-0.4, -0.2) is 10.0 Å². The van der Waals surface area contributed by atoms with Crippen molar-refractivity contribution in [2.45, 2.75) is 12.8 Å². The summed E-state index contributed by atoms with van der Waals surface area (Å²) in [6, 6.07) is 3.94. The van der Waals surface area contributed by atoms with E-state index in [-0.39, 0.29) is 11.4 Å². The second kappa shape index (κ2) is 4.28. The molecule has 1 aromatic carbocycles. The minimum atomic E-state index is -0.481. The molecule has 0 aliphatic carbocycles. The number of aryl methyl sites for hydroxylation is 1. The molecule has 0 atom stereocenters. The van der Waals surface area contributed by atoms with Crippen molar-refractivity contribution in [3.05, 3.63) is 33.9 Å². The van der Waals surface area contributed by atoms with Gasteiger partial charge in [-0.15, -0.1) is 12.3 Å². The molecule has 4 nitrogen and oxygen atoms in total. The van der Waals surface area contributed by atoms with Crippen LogP contribution in [0.1, 0.15) is 12.0 Å². The normalized spacial score (nSPS) is 9.36. The monoisotopic (exact) mass is 191 g/mol. The Morgan fingerprint density at radius 2 is 2.29 bits per heavy atom. The molecular formula is C10H9NO3. The van der Waals surface area contributed by atoms with Gasteiger partial charge in [-0.3, -0.25) is 10.1 Å². The summed E-state index contributed by atoms with van der Waals surface area (Å²) < 4.78 is 0. The number of terminal acetylenes is 1. The molecule has 4 heteroatoms. The zero-order chi connectivity index (χ0) is 10.6. The van der Waals surface area contributed by atoms with Gasteiger partial charge < -0.3 is 5.11 Å². The van der Waals surface area contributed by atoms with Gasteiger partial charge >= 0.3 is 0 Å². The first kappa shape index (κ1) is 10.1. The molecular weight excluding hydrogens is 182 g/mol. The third-order valence-electron chi connectivity index (χ3n) is 1.80. The third kappa shape index (κ3) is 2.23. The second-order valence-electron chi connectivity index (χ2n) is 2.77. The van der Waals surface area contributed by atoms with Crippen molar-refractivity contribution in [2.75, 3.05) is 0 Å². The first-order valence-corrected chi connectivity index (χ1v) is 4.05. The number of rotatable bonds is 3. The van der Waals surface area contributed by atoms with E-state index >= 15 is 0 Å². The van der Waals surface area contributed by atoms with Crippen LogP contribution in [-0.2, 0) is 6.42 Å². The number of phenolic OH excluding ortho intramolecular Hbond substituents is 1. The highest BCUT2D eigenvalue weighted by Gasteiger charge is 2.12. The molecule has 0 unspecified atom stereocenters. The van der Waals surface area contributed by atoms with Crippen molar-refractivity contribution in [1.29, 1.82) is 0 Å². The van der Waals surface area contributed by atoms with Crippen molar-refractivity contribution in [1.82, 2.24) is 0 Å². The number of benzene rings is 1. The van der Waals surface area contributed by atoms with Gasteiger partial charge in [0.05, 0.1) is 4.92 Å². The van der Waals surface area contributed by atoms with Gasteiger partial charge in [-0.1, -0.05) is 0 Å². The topological polar surface area (TPSA) is 63.4 Å². The van der Waals surface area contributed by atoms with Gasteiger partial charge in [0.15, 0.2) is 0 Å². The minimum absolute atomic E-state index is 0.00181. The molecule has 1 aromatic rings. The van der Waals surface area contributed by atoms with Gasteiger partial charge in [-0.05, 0) is 18.6 Å². The van der Waals surface area contributed by atoms with Crippen LogP contribution in [0.15, 0.2) is 18.2 Å². The lowest BCUT2D eigenvalue weighted by Gasteiger charge is -2.00. The smallest absolute Gasteiger partial charge is 0.272 e. The van der Waals surface area contributed by atoms with Crippen molar-refractivity contribution >= 4 is 5.69 Å². The molecule has 0 spiro atoms. The van der Waals surface area contributed by atoms with Crippen molar-refractivity contribution in [3.8, 4) is 18.1 Å². The van der Waals surface area contributed by atoms with E-state index in [1.54, 1.807) is 0 Å². The second-order valence-corrected chi connectivity index (χ2v) is 2.77. The van der Waals surface area contributed by atoms with Crippen LogP contribution < -0.4 is 0 Å². The Hall–Kier alpha value is -2.02. The highest BCUT2D eigenvalue weighted by molar-refractivity contribution is 5.45. The molecule has 0 saturated carbocycles. The third-order valence-corrected chi connectivity index (χ3v) is 1.80. The fourth-order valence-electron chi connectivity index (χ4n) is 1.16. The van der Waals surface area contributed by atoms with E-state index in [0.717, 1.165) is 0 Å². The molecule has 1 N–H and O–H groups in total. The van der Waals surface area contributed by atoms with E-state index in [2.05, 4.69) is 5.92 Å². The SMILES string of the molecule is C#CCCc1cc(O)ccc1[N+](=O)[O-]. The van der Waals surface area contributed by atoms with E-state index in [1.165, 1.54) is 18.2 Å². The number of nitro benzene ring substituents is 1. The molecule has 0 amide bonds. The molecule has 0 aromatic heterocycles. The number of phenols is 1. The lowest BCUT2D eigenvalue weighted by atomic mass is 10.1. The van der Waals surface area contributed by atoms with Gasteiger partial charge in [0.2, 0.25) is 0 Å². The summed E-state index contributed by atoms with van der Waals surface area (Å²) in [5.74, 6) is 2.41. The largest absolute Gasteiger partial charge is 0.508 e. The first-order chi connectivity index (χ1) is 6.65. The maximum absolute atomic E-state index is 10.6. The fourth-order valence-corrected chi connectivity index (χ4v) is 1.16. The fraction of sp³-hybridized carbons (Fsp3) is 0.200. The molecule has 0 heterocycles. The minimum Gasteiger partial charge on any atom is -0.508 e. The summed E-state index contributed by atoms with van der Waals surface area (Å²) in [5.41, 5.74) is 0.464. The first-order valence-electron chi connectivity index (χ1n) is 4.05. The van der Waals surface area contributed by atoms with Gasteiger partial charge in [0.25, 0.3) is 5.69 Å². The molecule has 0 aliphatic rings. The maximum Gasteiger partial charge on any atom is 0.272 e. The summed E-state index contributed by atoms with van der Waals surface area (Å²) in [7, 11) is 0. The standard InChI is InChI=1S/C10H9NO3/c1-2-3-4-8-7-9(12)5-6-10(8)11(13)14/h1,5-7,12H,3-4H2. The van der Waals surface area contributed by atoms with Crippen LogP contribution in [0.3, 0.4) is 0 Å². The van der Waals surface area contributed by atoms with Gasteiger partial charge in [0.1, 0.15) is 5.75 Å². The highest BCUT2D eigenvalue weighted by atomic mass is 16.6. The Balaban J connectivity index is 3.04. The summed E-state index contributed by atoms with van der Waals surface area (Å²) in [6.07, 6.45) is 5.88. The lowest BCUT2D eigenvalue weighted by molar-refractivity contribution is -0.385. The predicted octanol–water partition coefficient (Wildman–Crippen LogP) is 1.87. The van der Waals surface area contributed by atoms with Crippen LogP contribution in [0.25, 0.3) is 0 Å². The van der Waals surface area contributed by atoms with Crippen molar-refractivity contribution < 1.29 is 10.0 Å². The molecule has 0 radical (unpaired) electrons. The van der Waals surface area contributed by atoms with Crippen LogP contribution in [0.4, 0.5) is 5.69 Å². The summed E-state index contributed by atoms with van der Waals surface area (Å²) >= 11 is 0. The molecule has 0 fully saturated rings. The average molecular weight is 191 g/mol. The number of nitro groups is 1. The Kier molecular flexibility index (Phi) is 3.08. The van der Waals surface area contributed by atoms with E-state index in [1.807, 2.05) is 0 Å². The summed E-state index contributed by atoms with van der Waals surface area (Å²) in [4.78, 5) is 10.1. The number of hydrogen-bond donors (Lipinski definition) is 1. The van der Waals surface area contributed by atoms with E-state index in [0.29, 0.717) is 18.4 Å². The average Bonchev–Trinajstić information content (AvgIpc) is 2.14. The highest BCUT2D eigenvalue weighted by Crippen LogP contribution is 2.24. The molecule has 14 heavy (non-hydrogen) atoms. The van der Waals surface area contributed by atoms with E-state index < -0.39 is 4.92 Å². The van der Waals surface area contributed by atoms with Crippen LogP contribution >= 0.6 is 0 Å². The van der Waals surface area contributed by atoms with Crippen LogP contribution in [0.5, 0.6) is 5.75 Å². The van der Waals surface area contributed by atoms with Gasteiger partial charge in [0, 0.05) is 18.1 Å². The summed E-state index contributed by atoms with van der Waals surface area (Å²) in [5, 5.41) is 19.7. The van der Waals surface area contributed by atoms with Crippen LogP contribution in [0, 0.1) is 22.5 Å². The van der Waals surface area contributed by atoms with Crippen molar-refractivity contribution in [3.63, 3.8) is 0 Å². The Morgan fingerprint density at radius 1 is 1.57 bits per heavy atom. The quantitative estimate of drug-likeness (QED) is 0.450. The number of aromatic hydroxyl groups is 1. The Bertz CT molecular complexity index is 393. The summed E-state index contributed by atoms with van der Waals surface area (Å²) in [6.45, 7) is 0. The molecule has 0 bridgehead atoms. The predicted molar refractivity (Wildman–Crippen MR) is 51.9 cm³/mol. The van der Waals surface area contributed by atoms with E-state index in [9.17, 15) is 10.1 Å². The molecule has 0 aliphatic heterocycles.